The molecule has 0 unspecified atom stereocenters. The van der Waals surface area contributed by atoms with Crippen LogP contribution in [0.3, 0.4) is 0 Å². The number of benzene rings is 1. The molecule has 0 saturated carbocycles. The first-order valence-electron chi connectivity index (χ1n) is 5.39. The minimum atomic E-state index is 0.462. The van der Waals surface area contributed by atoms with E-state index in [4.69, 9.17) is 21.1 Å². The molecule has 0 saturated heterocycles. The summed E-state index contributed by atoms with van der Waals surface area (Å²) in [4.78, 5) is 0. The van der Waals surface area contributed by atoms with E-state index in [9.17, 15) is 0 Å². The number of aromatic nitrogens is 2. The van der Waals surface area contributed by atoms with Crippen molar-refractivity contribution in [2.75, 3.05) is 14.2 Å². The maximum Gasteiger partial charge on any atom is 0.141 e. The van der Waals surface area contributed by atoms with Crippen LogP contribution in [0.5, 0.6) is 5.75 Å². The van der Waals surface area contributed by atoms with Crippen LogP contribution in [0, 0.1) is 0 Å². The fourth-order valence-electron chi connectivity index (χ4n) is 1.60. The number of methoxy groups -OCH3 is 2. The van der Waals surface area contributed by atoms with Crippen molar-refractivity contribution < 1.29 is 9.47 Å². The third kappa shape index (κ3) is 2.78. The lowest BCUT2D eigenvalue weighted by Crippen LogP contribution is -1.93. The zero-order valence-electron chi connectivity index (χ0n) is 10.2. The molecule has 2 aromatic rings. The fraction of sp³-hybridized carbons (Fsp3) is 0.231. The normalized spacial score (nSPS) is 10.4. The van der Waals surface area contributed by atoms with E-state index in [0.29, 0.717) is 17.4 Å². The van der Waals surface area contributed by atoms with E-state index in [0.717, 1.165) is 16.8 Å². The first kappa shape index (κ1) is 12.8. The van der Waals surface area contributed by atoms with Crippen LogP contribution in [-0.2, 0) is 11.3 Å². The highest BCUT2D eigenvalue weighted by Gasteiger charge is 2.06. The second-order valence-corrected chi connectivity index (χ2v) is 4.13. The summed E-state index contributed by atoms with van der Waals surface area (Å²) < 4.78 is 10.2. The van der Waals surface area contributed by atoms with Gasteiger partial charge < -0.3 is 9.47 Å². The van der Waals surface area contributed by atoms with E-state index in [-0.39, 0.29) is 0 Å². The van der Waals surface area contributed by atoms with Crippen LogP contribution in [0.4, 0.5) is 0 Å². The van der Waals surface area contributed by atoms with Gasteiger partial charge in [-0.2, -0.15) is 10.2 Å². The van der Waals surface area contributed by atoms with Gasteiger partial charge in [-0.05, 0) is 17.7 Å². The number of hydrogen-bond acceptors (Lipinski definition) is 4. The highest BCUT2D eigenvalue weighted by Crippen LogP contribution is 2.25. The summed E-state index contributed by atoms with van der Waals surface area (Å²) in [5.41, 5.74) is 2.59. The Balaban J connectivity index is 2.40. The van der Waals surface area contributed by atoms with Gasteiger partial charge in [0.15, 0.2) is 0 Å². The summed E-state index contributed by atoms with van der Waals surface area (Å²) >= 11 is 6.08. The lowest BCUT2D eigenvalue weighted by atomic mass is 10.1. The van der Waals surface area contributed by atoms with Gasteiger partial charge in [-0.3, -0.25) is 0 Å². The summed E-state index contributed by atoms with van der Waals surface area (Å²) in [5.74, 6) is 0.670. The maximum absolute atomic E-state index is 6.08. The molecule has 0 amide bonds. The molecular formula is C13H13ClN2O2. The first-order valence-corrected chi connectivity index (χ1v) is 5.77. The van der Waals surface area contributed by atoms with Gasteiger partial charge in [0.1, 0.15) is 5.75 Å². The largest absolute Gasteiger partial charge is 0.495 e. The average molecular weight is 265 g/mol. The van der Waals surface area contributed by atoms with Crippen molar-refractivity contribution in [2.24, 2.45) is 0 Å². The minimum Gasteiger partial charge on any atom is -0.495 e. The van der Waals surface area contributed by atoms with Gasteiger partial charge in [-0.1, -0.05) is 17.7 Å². The molecule has 0 radical (unpaired) electrons. The van der Waals surface area contributed by atoms with Gasteiger partial charge in [0.25, 0.3) is 0 Å². The predicted octanol–water partition coefficient (Wildman–Crippen LogP) is 2.95. The molecule has 18 heavy (non-hydrogen) atoms. The third-order valence-electron chi connectivity index (χ3n) is 2.51. The second-order valence-electron chi connectivity index (χ2n) is 3.72. The van der Waals surface area contributed by atoms with Crippen molar-refractivity contribution in [1.29, 1.82) is 0 Å². The van der Waals surface area contributed by atoms with Crippen molar-refractivity contribution in [3.05, 3.63) is 41.0 Å². The molecule has 0 aliphatic carbocycles. The van der Waals surface area contributed by atoms with Crippen LogP contribution >= 0.6 is 11.6 Å². The molecule has 2 rings (SSSR count). The molecule has 1 aromatic heterocycles. The van der Waals surface area contributed by atoms with Crippen molar-refractivity contribution >= 4 is 11.6 Å². The Kier molecular flexibility index (Phi) is 4.12. The zero-order valence-corrected chi connectivity index (χ0v) is 10.9. The van der Waals surface area contributed by atoms with Gasteiger partial charge in [-0.25, -0.2) is 0 Å². The van der Waals surface area contributed by atoms with E-state index in [1.54, 1.807) is 20.4 Å². The molecule has 5 heteroatoms. The number of nitrogens with zero attached hydrogens (tertiary/aromatic N) is 2. The molecule has 0 aliphatic rings. The molecular weight excluding hydrogens is 252 g/mol. The minimum absolute atomic E-state index is 0.462. The lowest BCUT2D eigenvalue weighted by molar-refractivity contribution is 0.185. The Morgan fingerprint density at radius 1 is 1.22 bits per heavy atom. The zero-order chi connectivity index (χ0) is 13.0. The molecule has 0 bridgehead atoms. The Hall–Kier alpha value is -1.65. The summed E-state index contributed by atoms with van der Waals surface area (Å²) in [5, 5.41) is 8.64. The van der Waals surface area contributed by atoms with Crippen molar-refractivity contribution in [3.8, 4) is 17.0 Å². The number of rotatable bonds is 4. The van der Waals surface area contributed by atoms with Gasteiger partial charge in [0.2, 0.25) is 0 Å². The quantitative estimate of drug-likeness (QED) is 0.852. The van der Waals surface area contributed by atoms with Crippen LogP contribution < -0.4 is 4.74 Å². The smallest absolute Gasteiger partial charge is 0.141 e. The Morgan fingerprint density at radius 3 is 2.78 bits per heavy atom. The lowest BCUT2D eigenvalue weighted by Gasteiger charge is -2.07. The van der Waals surface area contributed by atoms with E-state index in [2.05, 4.69) is 10.2 Å². The summed E-state index contributed by atoms with van der Waals surface area (Å²) in [7, 11) is 3.23. The van der Waals surface area contributed by atoms with Crippen molar-refractivity contribution in [2.45, 2.75) is 6.61 Å². The van der Waals surface area contributed by atoms with Crippen molar-refractivity contribution in [3.63, 3.8) is 0 Å². The van der Waals surface area contributed by atoms with Crippen LogP contribution in [0.2, 0.25) is 5.02 Å². The molecule has 0 fully saturated rings. The highest BCUT2D eigenvalue weighted by atomic mass is 35.5. The first-order chi connectivity index (χ1) is 8.74. The Labute approximate surface area is 111 Å². The number of ether oxygens (including phenoxy) is 2. The Bertz CT molecular complexity index is 546. The molecule has 0 aliphatic heterocycles. The van der Waals surface area contributed by atoms with Crippen LogP contribution in [0.1, 0.15) is 5.56 Å². The van der Waals surface area contributed by atoms with Crippen LogP contribution in [0.25, 0.3) is 11.3 Å². The molecule has 0 atom stereocenters. The van der Waals surface area contributed by atoms with Crippen molar-refractivity contribution in [1.82, 2.24) is 10.2 Å². The Morgan fingerprint density at radius 2 is 2.06 bits per heavy atom. The summed E-state index contributed by atoms with van der Waals surface area (Å²) in [6.45, 7) is 0.462. The fourth-order valence-corrected chi connectivity index (χ4v) is 1.77. The topological polar surface area (TPSA) is 44.2 Å². The average Bonchev–Trinajstić information content (AvgIpc) is 2.41. The number of hydrogen-bond donors (Lipinski definition) is 0. The standard InChI is InChI=1S/C13H13ClN2O2/c1-17-8-10-5-9(3-4-12(10)14)13-6-11(18-2)7-15-16-13/h3-7H,8H2,1-2H3. The summed E-state index contributed by atoms with van der Waals surface area (Å²) in [6.07, 6.45) is 1.56. The van der Waals surface area contributed by atoms with Crippen LogP contribution in [-0.4, -0.2) is 24.4 Å². The monoisotopic (exact) mass is 264 g/mol. The van der Waals surface area contributed by atoms with E-state index in [1.807, 2.05) is 24.3 Å². The van der Waals surface area contributed by atoms with Crippen LogP contribution in [0.15, 0.2) is 30.5 Å². The van der Waals surface area contributed by atoms with Gasteiger partial charge >= 0.3 is 0 Å². The SMILES string of the molecule is COCc1cc(-c2cc(OC)cnn2)ccc1Cl. The van der Waals surface area contributed by atoms with E-state index >= 15 is 0 Å². The third-order valence-corrected chi connectivity index (χ3v) is 2.88. The molecule has 1 heterocycles. The molecule has 0 spiro atoms. The van der Waals surface area contributed by atoms with E-state index in [1.165, 1.54) is 0 Å². The highest BCUT2D eigenvalue weighted by molar-refractivity contribution is 6.31. The molecule has 0 N–H and O–H groups in total. The second kappa shape index (κ2) is 5.80. The van der Waals surface area contributed by atoms with Gasteiger partial charge in [0.05, 0.1) is 25.6 Å². The molecule has 4 nitrogen and oxygen atoms in total. The predicted molar refractivity (Wildman–Crippen MR) is 69.7 cm³/mol. The number of halogens is 1. The van der Waals surface area contributed by atoms with Gasteiger partial charge in [0, 0.05) is 23.8 Å². The van der Waals surface area contributed by atoms with Gasteiger partial charge in [-0.15, -0.1) is 0 Å². The summed E-state index contributed by atoms with van der Waals surface area (Å²) in [6, 6.07) is 7.49. The maximum atomic E-state index is 6.08. The molecule has 1 aromatic carbocycles. The van der Waals surface area contributed by atoms with E-state index < -0.39 is 0 Å². The molecule has 94 valence electrons.